The first-order valence-electron chi connectivity index (χ1n) is 6.26. The van der Waals surface area contributed by atoms with Crippen LogP contribution in [0.1, 0.15) is 0 Å². The van der Waals surface area contributed by atoms with Gasteiger partial charge in [0.1, 0.15) is 17.1 Å². The predicted octanol–water partition coefficient (Wildman–Crippen LogP) is 1.69. The molecule has 0 aliphatic carbocycles. The van der Waals surface area contributed by atoms with Crippen molar-refractivity contribution in [2.45, 2.75) is 0 Å². The fourth-order valence-electron chi connectivity index (χ4n) is 2.33. The molecule has 1 fully saturated rings. The molecule has 0 bridgehead atoms. The van der Waals surface area contributed by atoms with Crippen LogP contribution in [0.5, 0.6) is 5.75 Å². The molecule has 18 heavy (non-hydrogen) atoms. The van der Waals surface area contributed by atoms with Crippen molar-refractivity contribution in [1.29, 1.82) is 0 Å². The number of para-hydroxylation sites is 1. The second kappa shape index (κ2) is 4.46. The number of piperazine rings is 1. The molecular weight excluding hydrogens is 226 g/mol. The summed E-state index contributed by atoms with van der Waals surface area (Å²) in [4.78, 5) is 9.17. The largest absolute Gasteiger partial charge is 0.506 e. The monoisotopic (exact) mass is 243 g/mol. The molecule has 1 aliphatic rings. The van der Waals surface area contributed by atoms with Crippen molar-refractivity contribution in [3.8, 4) is 5.75 Å². The number of hydrogen-bond acceptors (Lipinski definition) is 4. The van der Waals surface area contributed by atoms with E-state index >= 15 is 0 Å². The van der Waals surface area contributed by atoms with Gasteiger partial charge in [0.2, 0.25) is 0 Å². The molecule has 1 aromatic heterocycles. The number of pyridine rings is 1. The molecule has 1 aliphatic heterocycles. The molecule has 1 aromatic carbocycles. The van der Waals surface area contributed by atoms with Crippen molar-refractivity contribution in [2.24, 2.45) is 0 Å². The van der Waals surface area contributed by atoms with E-state index in [-0.39, 0.29) is 5.75 Å². The van der Waals surface area contributed by atoms with Crippen LogP contribution in [-0.2, 0) is 0 Å². The lowest BCUT2D eigenvalue weighted by molar-refractivity contribution is 0.312. The molecule has 2 heterocycles. The summed E-state index contributed by atoms with van der Waals surface area (Å²) in [5.41, 5.74) is 0.689. The van der Waals surface area contributed by atoms with Crippen LogP contribution in [0.2, 0.25) is 0 Å². The average Bonchev–Trinajstić information content (AvgIpc) is 2.40. The quantitative estimate of drug-likeness (QED) is 0.827. The number of likely N-dealkylation sites (N-methyl/N-ethyl adjacent to an activating group) is 1. The van der Waals surface area contributed by atoms with Crippen LogP contribution in [0.4, 0.5) is 5.82 Å². The predicted molar refractivity (Wildman–Crippen MR) is 73.1 cm³/mol. The maximum Gasteiger partial charge on any atom is 0.141 e. The Labute approximate surface area is 106 Å². The standard InChI is InChI=1S/C14H17N3O/c1-16-7-9-17(10-8-16)13-6-5-11-3-2-4-12(18)14(11)15-13/h2-6,18H,7-10H2,1H3. The Morgan fingerprint density at radius 3 is 2.61 bits per heavy atom. The zero-order valence-electron chi connectivity index (χ0n) is 10.5. The molecule has 0 unspecified atom stereocenters. The first-order valence-corrected chi connectivity index (χ1v) is 6.26. The molecule has 1 saturated heterocycles. The highest BCUT2D eigenvalue weighted by molar-refractivity contribution is 5.85. The Morgan fingerprint density at radius 2 is 1.83 bits per heavy atom. The molecule has 4 heteroatoms. The lowest BCUT2D eigenvalue weighted by Gasteiger charge is -2.33. The molecule has 0 amide bonds. The fraction of sp³-hybridized carbons (Fsp3) is 0.357. The molecule has 0 atom stereocenters. The third-order valence-corrected chi connectivity index (χ3v) is 3.51. The Balaban J connectivity index is 1.95. The van der Waals surface area contributed by atoms with E-state index in [4.69, 9.17) is 0 Å². The van der Waals surface area contributed by atoms with E-state index in [1.54, 1.807) is 6.07 Å². The Kier molecular flexibility index (Phi) is 2.80. The number of aromatic hydroxyl groups is 1. The minimum Gasteiger partial charge on any atom is -0.506 e. The minimum absolute atomic E-state index is 0.253. The van der Waals surface area contributed by atoms with E-state index in [0.29, 0.717) is 5.52 Å². The highest BCUT2D eigenvalue weighted by Crippen LogP contribution is 2.25. The molecule has 3 rings (SSSR count). The van der Waals surface area contributed by atoms with Crippen molar-refractivity contribution >= 4 is 16.7 Å². The zero-order valence-corrected chi connectivity index (χ0v) is 10.5. The molecule has 0 radical (unpaired) electrons. The van der Waals surface area contributed by atoms with Crippen molar-refractivity contribution in [1.82, 2.24) is 9.88 Å². The SMILES string of the molecule is CN1CCN(c2ccc3cccc(O)c3n2)CC1. The molecular formula is C14H17N3O. The van der Waals surface area contributed by atoms with Gasteiger partial charge in [-0.2, -0.15) is 0 Å². The smallest absolute Gasteiger partial charge is 0.141 e. The topological polar surface area (TPSA) is 39.6 Å². The maximum atomic E-state index is 9.85. The van der Waals surface area contributed by atoms with Gasteiger partial charge in [0.25, 0.3) is 0 Å². The van der Waals surface area contributed by atoms with Crippen molar-refractivity contribution in [2.75, 3.05) is 38.1 Å². The van der Waals surface area contributed by atoms with Crippen LogP contribution in [0.15, 0.2) is 30.3 Å². The molecule has 1 N–H and O–H groups in total. The van der Waals surface area contributed by atoms with Crippen molar-refractivity contribution in [3.63, 3.8) is 0 Å². The van der Waals surface area contributed by atoms with E-state index in [2.05, 4.69) is 21.8 Å². The zero-order chi connectivity index (χ0) is 12.5. The Bertz CT molecular complexity index is 562. The van der Waals surface area contributed by atoms with Gasteiger partial charge in [0.05, 0.1) is 0 Å². The molecule has 4 nitrogen and oxygen atoms in total. The summed E-state index contributed by atoms with van der Waals surface area (Å²) in [5.74, 6) is 1.21. The van der Waals surface area contributed by atoms with Crippen molar-refractivity contribution < 1.29 is 5.11 Å². The van der Waals surface area contributed by atoms with E-state index in [9.17, 15) is 5.11 Å². The highest BCUT2D eigenvalue weighted by Gasteiger charge is 2.15. The third kappa shape index (κ3) is 1.99. The summed E-state index contributed by atoms with van der Waals surface area (Å²) in [7, 11) is 2.14. The van der Waals surface area contributed by atoms with Gasteiger partial charge in [-0.1, -0.05) is 12.1 Å². The van der Waals surface area contributed by atoms with E-state index in [1.165, 1.54) is 0 Å². The summed E-state index contributed by atoms with van der Waals surface area (Å²) in [6.45, 7) is 4.09. The lowest BCUT2D eigenvalue weighted by atomic mass is 10.2. The van der Waals surface area contributed by atoms with Crippen LogP contribution in [0.3, 0.4) is 0 Å². The second-order valence-electron chi connectivity index (χ2n) is 4.81. The van der Waals surface area contributed by atoms with Gasteiger partial charge in [-0.05, 0) is 25.2 Å². The van der Waals surface area contributed by atoms with Gasteiger partial charge in [-0.25, -0.2) is 4.98 Å². The number of hydrogen-bond donors (Lipinski definition) is 1. The number of aromatic nitrogens is 1. The number of phenols is 1. The molecule has 0 spiro atoms. The number of rotatable bonds is 1. The van der Waals surface area contributed by atoms with Crippen LogP contribution >= 0.6 is 0 Å². The lowest BCUT2D eigenvalue weighted by Crippen LogP contribution is -2.44. The van der Waals surface area contributed by atoms with Crippen LogP contribution in [0.25, 0.3) is 10.9 Å². The molecule has 94 valence electrons. The van der Waals surface area contributed by atoms with Gasteiger partial charge in [-0.3, -0.25) is 0 Å². The van der Waals surface area contributed by atoms with Gasteiger partial charge in [0, 0.05) is 31.6 Å². The summed E-state index contributed by atoms with van der Waals surface area (Å²) in [5, 5.41) is 10.8. The van der Waals surface area contributed by atoms with Gasteiger partial charge in [-0.15, -0.1) is 0 Å². The van der Waals surface area contributed by atoms with Crippen LogP contribution < -0.4 is 4.90 Å². The van der Waals surface area contributed by atoms with E-state index in [0.717, 1.165) is 37.4 Å². The van der Waals surface area contributed by atoms with Gasteiger partial charge < -0.3 is 14.9 Å². The fourth-order valence-corrected chi connectivity index (χ4v) is 2.33. The highest BCUT2D eigenvalue weighted by atomic mass is 16.3. The summed E-state index contributed by atoms with van der Waals surface area (Å²) in [6, 6.07) is 9.55. The summed E-state index contributed by atoms with van der Waals surface area (Å²) >= 11 is 0. The van der Waals surface area contributed by atoms with E-state index < -0.39 is 0 Å². The minimum atomic E-state index is 0.253. The van der Waals surface area contributed by atoms with Crippen LogP contribution in [-0.4, -0.2) is 48.2 Å². The van der Waals surface area contributed by atoms with Crippen LogP contribution in [0, 0.1) is 0 Å². The normalized spacial score (nSPS) is 17.3. The third-order valence-electron chi connectivity index (χ3n) is 3.51. The number of phenolic OH excluding ortho intramolecular Hbond substituents is 1. The van der Waals surface area contributed by atoms with Gasteiger partial charge in [0.15, 0.2) is 0 Å². The first-order chi connectivity index (χ1) is 8.74. The number of nitrogens with zero attached hydrogens (tertiary/aromatic N) is 3. The van der Waals surface area contributed by atoms with Crippen molar-refractivity contribution in [3.05, 3.63) is 30.3 Å². The number of anilines is 1. The Hall–Kier alpha value is -1.81. The summed E-state index contributed by atoms with van der Waals surface area (Å²) < 4.78 is 0. The molecule has 0 saturated carbocycles. The number of fused-ring (bicyclic) bond motifs is 1. The average molecular weight is 243 g/mol. The van der Waals surface area contributed by atoms with Gasteiger partial charge >= 0.3 is 0 Å². The second-order valence-corrected chi connectivity index (χ2v) is 4.81. The molecule has 2 aromatic rings. The number of benzene rings is 1. The maximum absolute atomic E-state index is 9.85. The first kappa shape index (κ1) is 11.3. The van der Waals surface area contributed by atoms with E-state index in [1.807, 2.05) is 24.3 Å². The Morgan fingerprint density at radius 1 is 1.06 bits per heavy atom. The summed E-state index contributed by atoms with van der Waals surface area (Å²) in [6.07, 6.45) is 0.